The fraction of sp³-hybridized carbons (Fsp3) is 0.721. The lowest BCUT2D eigenvalue weighted by molar-refractivity contribution is -0.327. The molecular weight excluding hydrogens is 884 g/mol. The molecule has 66 heavy (non-hydrogen) atoms. The predicted molar refractivity (Wildman–Crippen MR) is 217 cm³/mol. The minimum absolute atomic E-state index is 0.0811. The van der Waals surface area contributed by atoms with E-state index in [-0.39, 0.29) is 53.8 Å². The summed E-state index contributed by atoms with van der Waals surface area (Å²) >= 11 is 0. The Morgan fingerprint density at radius 1 is 0.742 bits per heavy atom. The van der Waals surface area contributed by atoms with E-state index in [0.717, 1.165) is 19.6 Å². The molecule has 0 aromatic heterocycles. The lowest BCUT2D eigenvalue weighted by Crippen LogP contribution is -2.60. The number of aliphatic hydroxyl groups is 9. The second-order valence-corrected chi connectivity index (χ2v) is 16.9. The molecule has 0 unspecified atom stereocenters. The Kier molecular flexibility index (Phi) is 18.7. The highest BCUT2D eigenvalue weighted by Crippen LogP contribution is 2.44. The maximum Gasteiger partial charge on any atom is 0.337 e. The molecule has 372 valence electrons. The van der Waals surface area contributed by atoms with E-state index >= 15 is 0 Å². The third-order valence-electron chi connectivity index (χ3n) is 13.1. The molecule has 0 spiro atoms. The fourth-order valence-corrected chi connectivity index (χ4v) is 9.08. The van der Waals surface area contributed by atoms with Gasteiger partial charge in [-0.3, -0.25) is 9.59 Å². The normalized spacial score (nSPS) is 39.8. The van der Waals surface area contributed by atoms with Crippen LogP contribution in [0.2, 0.25) is 0 Å². The van der Waals surface area contributed by atoms with Gasteiger partial charge in [0, 0.05) is 35.5 Å². The number of rotatable bonds is 17. The van der Waals surface area contributed by atoms with Gasteiger partial charge in [0.1, 0.15) is 54.9 Å². The highest BCUT2D eigenvalue weighted by Gasteiger charge is 2.50. The van der Waals surface area contributed by atoms with E-state index in [2.05, 4.69) is 0 Å². The second-order valence-electron chi connectivity index (χ2n) is 16.9. The molecule has 0 aromatic carbocycles. The van der Waals surface area contributed by atoms with Crippen molar-refractivity contribution in [2.45, 2.75) is 127 Å². The average molecular weight is 947 g/mol. The van der Waals surface area contributed by atoms with Crippen molar-refractivity contribution in [3.63, 3.8) is 0 Å². The first-order valence-corrected chi connectivity index (χ1v) is 21.6. The van der Waals surface area contributed by atoms with Crippen molar-refractivity contribution in [3.05, 3.63) is 47.0 Å². The highest BCUT2D eigenvalue weighted by molar-refractivity contribution is 5.91. The fourth-order valence-electron chi connectivity index (χ4n) is 9.08. The molecular formula is C43H62O23. The molecule has 1 saturated carbocycles. The van der Waals surface area contributed by atoms with E-state index in [9.17, 15) is 70.2 Å². The van der Waals surface area contributed by atoms with E-state index in [1.165, 1.54) is 19.1 Å². The van der Waals surface area contributed by atoms with E-state index in [1.54, 1.807) is 20.8 Å². The average Bonchev–Trinajstić information content (AvgIpc) is 3.61. The third-order valence-corrected chi connectivity index (χ3v) is 13.1. The number of hydrogen-bond donors (Lipinski definition) is 10. The first-order chi connectivity index (χ1) is 31.3. The lowest BCUT2D eigenvalue weighted by atomic mass is 9.83. The second kappa shape index (κ2) is 23.3. The molecule has 2 saturated heterocycles. The summed E-state index contributed by atoms with van der Waals surface area (Å²) in [6.45, 7) is 4.74. The van der Waals surface area contributed by atoms with E-state index in [4.69, 9.17) is 42.6 Å². The Bertz CT molecular complexity index is 1830. The van der Waals surface area contributed by atoms with Gasteiger partial charge in [-0.2, -0.15) is 0 Å². The molecule has 5 aliphatic rings. The summed E-state index contributed by atoms with van der Waals surface area (Å²) in [6, 6.07) is 0. The standard InChI is InChI=1S/C43H62O23/c1-6-19-22(25(38(55)56)15-60-40(19)65-42-36(53)34(51)32(49)28(12-45)63-42)10-31(48)62-27-8-21(17(3)11-44)24(18(27)4)14-59-30(47)9-23-20(7-2)41(61-16-26(23)39(57)58-5)66-43-37(54)35(52)33(50)29(13-46)64-43/h6-7,15-18,21-24,27-29,32-37,40-46,49-54H,8-14H2,1-5H3,(H,55,56)/b19-6+,20-7+/t17-,18-,21+,22+,23+,24-,27+,28-,29-,32-,33-,34+,35+,36-,37-,40+,41+,42+,43+/m1/s1. The SMILES string of the molecule is C/C=C1/[C@H](O[C@@H]2O[C@H](CO)[C@@H](O)[C@H](O)[C@H]2O)OC=C(C(=O)O)[C@H]1CC(=O)O[C@H]1C[C@@H]([C@H](C)CO)[C@H](COC(=O)C[C@@H]2C(C(=O)OC)=CO[C@@H](O[C@@H]3O[C@H](CO)[C@@H](O)[C@H](O)[C@H]3O)/C2=C/C)[C@H]1C. The lowest BCUT2D eigenvalue weighted by Gasteiger charge is -2.41. The molecule has 0 aromatic rings. The van der Waals surface area contributed by atoms with Crippen molar-refractivity contribution in [1.82, 2.24) is 0 Å². The van der Waals surface area contributed by atoms with Gasteiger partial charge in [-0.1, -0.05) is 26.0 Å². The Morgan fingerprint density at radius 2 is 1.23 bits per heavy atom. The summed E-state index contributed by atoms with van der Waals surface area (Å²) in [5, 5.41) is 101. The smallest absolute Gasteiger partial charge is 0.337 e. The van der Waals surface area contributed by atoms with Crippen LogP contribution in [0.3, 0.4) is 0 Å². The van der Waals surface area contributed by atoms with Crippen LogP contribution in [-0.4, -0.2) is 189 Å². The van der Waals surface area contributed by atoms with Crippen molar-refractivity contribution in [2.75, 3.05) is 33.5 Å². The maximum atomic E-state index is 13.7. The van der Waals surface area contributed by atoms with Crippen LogP contribution in [0, 0.1) is 35.5 Å². The summed E-state index contributed by atoms with van der Waals surface area (Å²) in [5.74, 6) is -7.72. The summed E-state index contributed by atoms with van der Waals surface area (Å²) in [4.78, 5) is 52.6. The van der Waals surface area contributed by atoms with Crippen LogP contribution in [0.25, 0.3) is 0 Å². The van der Waals surface area contributed by atoms with E-state index in [0.29, 0.717) is 0 Å². The van der Waals surface area contributed by atoms with Gasteiger partial charge >= 0.3 is 23.9 Å². The Hall–Kier alpha value is -4.08. The van der Waals surface area contributed by atoms with Crippen molar-refractivity contribution in [1.29, 1.82) is 0 Å². The van der Waals surface area contributed by atoms with Crippen LogP contribution in [0.5, 0.6) is 0 Å². The minimum Gasteiger partial charge on any atom is -0.478 e. The molecule has 23 nitrogen and oxygen atoms in total. The van der Waals surface area contributed by atoms with Crippen LogP contribution in [-0.2, 0) is 61.8 Å². The Labute approximate surface area is 379 Å². The molecule has 0 bridgehead atoms. The predicted octanol–water partition coefficient (Wildman–Crippen LogP) is -2.38. The number of carboxylic acid groups (broad SMARTS) is 1. The number of carbonyl (C=O) groups excluding carboxylic acids is 3. The first kappa shape index (κ1) is 52.9. The number of hydrogen-bond acceptors (Lipinski definition) is 22. The number of aliphatic hydroxyl groups excluding tert-OH is 9. The summed E-state index contributed by atoms with van der Waals surface area (Å²) in [5.41, 5.74) is -0.0738. The van der Waals surface area contributed by atoms with Gasteiger partial charge in [-0.15, -0.1) is 0 Å². The molecule has 10 N–H and O–H groups in total. The number of methoxy groups -OCH3 is 1. The summed E-state index contributed by atoms with van der Waals surface area (Å²) in [6.07, 6.45) is -15.8. The Balaban J connectivity index is 1.26. The molecule has 0 radical (unpaired) electrons. The molecule has 0 amide bonds. The van der Waals surface area contributed by atoms with Gasteiger partial charge in [0.05, 0.1) is 63.4 Å². The molecule has 23 heteroatoms. The van der Waals surface area contributed by atoms with Crippen molar-refractivity contribution in [3.8, 4) is 0 Å². The van der Waals surface area contributed by atoms with Crippen LogP contribution in [0.15, 0.2) is 47.0 Å². The van der Waals surface area contributed by atoms with Crippen molar-refractivity contribution in [2.24, 2.45) is 35.5 Å². The number of carboxylic acids is 1. The summed E-state index contributed by atoms with van der Waals surface area (Å²) in [7, 11) is 1.13. The van der Waals surface area contributed by atoms with Crippen LogP contribution < -0.4 is 0 Å². The molecule has 5 rings (SSSR count). The van der Waals surface area contributed by atoms with Gasteiger partial charge in [0.2, 0.25) is 12.6 Å². The van der Waals surface area contributed by atoms with E-state index in [1.807, 2.05) is 0 Å². The van der Waals surface area contributed by atoms with Crippen molar-refractivity contribution < 1.29 is 113 Å². The van der Waals surface area contributed by atoms with E-state index < -0.39 is 154 Å². The monoisotopic (exact) mass is 946 g/mol. The zero-order chi connectivity index (χ0) is 48.7. The van der Waals surface area contributed by atoms with Crippen LogP contribution in [0.4, 0.5) is 0 Å². The van der Waals surface area contributed by atoms with Gasteiger partial charge in [-0.25, -0.2) is 9.59 Å². The number of esters is 3. The zero-order valence-corrected chi connectivity index (χ0v) is 37.0. The van der Waals surface area contributed by atoms with Crippen molar-refractivity contribution >= 4 is 23.9 Å². The highest BCUT2D eigenvalue weighted by atomic mass is 16.8. The van der Waals surface area contributed by atoms with Gasteiger partial charge in [-0.05, 0) is 38.0 Å². The topological polar surface area (TPSA) is 354 Å². The number of ether oxygens (including phenoxy) is 9. The van der Waals surface area contributed by atoms with Gasteiger partial charge in [0.15, 0.2) is 12.6 Å². The van der Waals surface area contributed by atoms with Gasteiger partial charge in [0.25, 0.3) is 0 Å². The molecule has 19 atom stereocenters. The maximum absolute atomic E-state index is 13.7. The third kappa shape index (κ3) is 11.4. The van der Waals surface area contributed by atoms with Gasteiger partial charge < -0.3 is 93.7 Å². The molecule has 3 fully saturated rings. The molecule has 1 aliphatic carbocycles. The first-order valence-electron chi connectivity index (χ1n) is 21.6. The Morgan fingerprint density at radius 3 is 1.68 bits per heavy atom. The minimum atomic E-state index is -1.80. The number of aliphatic carboxylic acids is 1. The quantitative estimate of drug-likeness (QED) is 0.0413. The molecule has 4 aliphatic heterocycles. The van der Waals surface area contributed by atoms with Crippen LogP contribution in [0.1, 0.15) is 47.0 Å². The van der Waals surface area contributed by atoms with Crippen LogP contribution >= 0.6 is 0 Å². The number of carbonyl (C=O) groups is 4. The summed E-state index contributed by atoms with van der Waals surface area (Å²) < 4.78 is 50.3. The largest absolute Gasteiger partial charge is 0.478 e. The zero-order valence-electron chi connectivity index (χ0n) is 37.0. The number of allylic oxidation sites excluding steroid dienone is 2. The molecule has 4 heterocycles.